The third kappa shape index (κ3) is 5.14. The van der Waals surface area contributed by atoms with E-state index in [9.17, 15) is 9.59 Å². The van der Waals surface area contributed by atoms with Gasteiger partial charge in [0.1, 0.15) is 0 Å². The molecule has 34 heavy (non-hydrogen) atoms. The minimum absolute atomic E-state index is 0.0995. The number of rotatable bonds is 2. The summed E-state index contributed by atoms with van der Waals surface area (Å²) in [5.41, 5.74) is 6.33. The highest BCUT2D eigenvalue weighted by atomic mass is 16.4. The number of carboxylic acid groups (broad SMARTS) is 2. The molecule has 0 aliphatic carbocycles. The Bertz CT molecular complexity index is 1380. The van der Waals surface area contributed by atoms with Crippen LogP contribution >= 0.6 is 0 Å². The maximum Gasteiger partial charge on any atom is 0.335 e. The van der Waals surface area contributed by atoms with Crippen LogP contribution in [-0.2, 0) is 10.8 Å². The first-order valence-electron chi connectivity index (χ1n) is 11.3. The van der Waals surface area contributed by atoms with Crippen LogP contribution in [0.5, 0.6) is 0 Å². The Kier molecular flexibility index (Phi) is 6.61. The van der Waals surface area contributed by atoms with Crippen molar-refractivity contribution < 1.29 is 19.8 Å². The van der Waals surface area contributed by atoms with Crippen LogP contribution in [-0.4, -0.2) is 27.1 Å². The summed E-state index contributed by atoms with van der Waals surface area (Å²) in [4.78, 5) is 24.6. The Balaban J connectivity index is 0.000000215. The highest BCUT2D eigenvalue weighted by molar-refractivity contribution is 6.07. The van der Waals surface area contributed by atoms with Gasteiger partial charge in [0, 0.05) is 21.8 Å². The summed E-state index contributed by atoms with van der Waals surface area (Å²) < 4.78 is 0. The number of aryl methyl sites for hydroxylation is 1. The molecule has 0 saturated carbocycles. The van der Waals surface area contributed by atoms with Crippen LogP contribution in [0.3, 0.4) is 0 Å². The number of hydrogen-bond donors (Lipinski definition) is 3. The topological polar surface area (TPSA) is 90.4 Å². The molecule has 0 radical (unpaired) electrons. The Morgan fingerprint density at radius 1 is 0.706 bits per heavy atom. The van der Waals surface area contributed by atoms with E-state index in [2.05, 4.69) is 82.9 Å². The van der Waals surface area contributed by atoms with Gasteiger partial charge >= 0.3 is 11.9 Å². The van der Waals surface area contributed by atoms with E-state index < -0.39 is 11.9 Å². The first-order chi connectivity index (χ1) is 15.7. The minimum atomic E-state index is -1.06. The van der Waals surface area contributed by atoms with Gasteiger partial charge in [-0.05, 0) is 70.8 Å². The smallest absolute Gasteiger partial charge is 0.335 e. The highest BCUT2D eigenvalue weighted by Crippen LogP contribution is 2.38. The van der Waals surface area contributed by atoms with Crippen LogP contribution < -0.4 is 0 Å². The van der Waals surface area contributed by atoms with Gasteiger partial charge in [-0.2, -0.15) is 0 Å². The van der Waals surface area contributed by atoms with E-state index >= 15 is 0 Å². The number of aromatic nitrogens is 1. The molecule has 0 amide bonds. The number of nitrogens with one attached hydrogen (secondary N) is 1. The number of carboxylic acids is 2. The number of aromatic amines is 1. The SMILES string of the molecule is CC(C)(C)c1cc2[nH]c3ccccc3c2cc1C(C)(C)C.Cc1cc(C(=O)O)ccc1C(=O)O. The molecule has 0 saturated heterocycles. The van der Waals surface area contributed by atoms with Crippen molar-refractivity contribution in [2.45, 2.75) is 59.3 Å². The van der Waals surface area contributed by atoms with Gasteiger partial charge in [-0.25, -0.2) is 9.59 Å². The summed E-state index contributed by atoms with van der Waals surface area (Å²) in [5.74, 6) is -2.10. The zero-order valence-electron chi connectivity index (χ0n) is 20.9. The number of hydrogen-bond acceptors (Lipinski definition) is 2. The van der Waals surface area contributed by atoms with Crippen molar-refractivity contribution in [3.8, 4) is 0 Å². The lowest BCUT2D eigenvalue weighted by Crippen LogP contribution is -2.21. The molecular weight excluding hydrogens is 426 g/mol. The van der Waals surface area contributed by atoms with Crippen LogP contribution in [0, 0.1) is 6.92 Å². The van der Waals surface area contributed by atoms with Crippen molar-refractivity contribution in [3.63, 3.8) is 0 Å². The van der Waals surface area contributed by atoms with E-state index in [1.54, 1.807) is 6.92 Å². The zero-order valence-corrected chi connectivity index (χ0v) is 20.9. The van der Waals surface area contributed by atoms with E-state index in [0.717, 1.165) is 0 Å². The normalized spacial score (nSPS) is 11.9. The maximum absolute atomic E-state index is 10.6. The largest absolute Gasteiger partial charge is 0.478 e. The Hall–Kier alpha value is -3.60. The quantitative estimate of drug-likeness (QED) is 0.293. The lowest BCUT2D eigenvalue weighted by molar-refractivity contribution is 0.0680. The summed E-state index contributed by atoms with van der Waals surface area (Å²) >= 11 is 0. The predicted octanol–water partition coefficient (Wildman–Crippen LogP) is 7.31. The van der Waals surface area contributed by atoms with Gasteiger partial charge in [-0.15, -0.1) is 0 Å². The molecule has 5 nitrogen and oxygen atoms in total. The predicted molar refractivity (Wildman–Crippen MR) is 138 cm³/mol. The molecular formula is C29H33NO4. The zero-order chi connectivity index (χ0) is 25.4. The minimum Gasteiger partial charge on any atom is -0.478 e. The van der Waals surface area contributed by atoms with Crippen LogP contribution in [0.25, 0.3) is 21.8 Å². The summed E-state index contributed by atoms with van der Waals surface area (Å²) in [7, 11) is 0. The van der Waals surface area contributed by atoms with Gasteiger partial charge in [0.2, 0.25) is 0 Å². The van der Waals surface area contributed by atoms with Crippen LogP contribution in [0.4, 0.5) is 0 Å². The van der Waals surface area contributed by atoms with Gasteiger partial charge in [-0.3, -0.25) is 0 Å². The number of fused-ring (bicyclic) bond motifs is 3. The van der Waals surface area contributed by atoms with Crippen molar-refractivity contribution in [3.05, 3.63) is 82.4 Å². The fourth-order valence-corrected chi connectivity index (χ4v) is 4.18. The molecule has 0 fully saturated rings. The van der Waals surface area contributed by atoms with E-state index in [0.29, 0.717) is 5.56 Å². The fourth-order valence-electron chi connectivity index (χ4n) is 4.18. The average Bonchev–Trinajstić information content (AvgIpc) is 3.09. The number of para-hydroxylation sites is 1. The molecule has 178 valence electrons. The molecule has 0 aliphatic heterocycles. The lowest BCUT2D eigenvalue weighted by Gasteiger charge is -2.30. The first-order valence-corrected chi connectivity index (χ1v) is 11.3. The number of aromatic carboxylic acids is 2. The second kappa shape index (κ2) is 8.98. The van der Waals surface area contributed by atoms with E-state index in [-0.39, 0.29) is 22.0 Å². The standard InChI is InChI=1S/C20H25N.C9H8O4/c1-19(2,3)15-11-14-13-9-7-8-10-17(13)21-18(14)12-16(15)20(4,5)6;1-5-4-6(8(10)11)2-3-7(5)9(12)13/h7-12,21H,1-6H3;2-4H,1H3,(H,10,11)(H,12,13). The average molecular weight is 460 g/mol. The number of carbonyl (C=O) groups is 2. The third-order valence-corrected chi connectivity index (χ3v) is 5.96. The first kappa shape index (κ1) is 25.0. The molecule has 0 spiro atoms. The summed E-state index contributed by atoms with van der Waals surface area (Å²) in [6, 6.07) is 17.2. The second-order valence-electron chi connectivity index (χ2n) is 10.8. The van der Waals surface area contributed by atoms with E-state index in [4.69, 9.17) is 10.2 Å². The van der Waals surface area contributed by atoms with Crippen LogP contribution in [0.2, 0.25) is 0 Å². The highest BCUT2D eigenvalue weighted by Gasteiger charge is 2.26. The van der Waals surface area contributed by atoms with Crippen LogP contribution in [0.15, 0.2) is 54.6 Å². The van der Waals surface area contributed by atoms with Gasteiger partial charge < -0.3 is 15.2 Å². The molecule has 0 aliphatic rings. The molecule has 4 rings (SSSR count). The molecule has 3 aromatic carbocycles. The molecule has 0 bridgehead atoms. The van der Waals surface area contributed by atoms with Gasteiger partial charge in [0.15, 0.2) is 0 Å². The van der Waals surface area contributed by atoms with Gasteiger partial charge in [-0.1, -0.05) is 59.7 Å². The van der Waals surface area contributed by atoms with Crippen molar-refractivity contribution in [2.75, 3.05) is 0 Å². The summed E-state index contributed by atoms with van der Waals surface area (Å²) in [6.45, 7) is 15.4. The third-order valence-electron chi connectivity index (χ3n) is 5.96. The Labute approximate surface area is 200 Å². The van der Waals surface area contributed by atoms with Crippen molar-refractivity contribution in [1.29, 1.82) is 0 Å². The van der Waals surface area contributed by atoms with Crippen molar-refractivity contribution >= 4 is 33.7 Å². The van der Waals surface area contributed by atoms with Gasteiger partial charge in [0.05, 0.1) is 11.1 Å². The lowest BCUT2D eigenvalue weighted by atomic mass is 9.75. The van der Waals surface area contributed by atoms with Crippen molar-refractivity contribution in [1.82, 2.24) is 4.98 Å². The fraction of sp³-hybridized carbons (Fsp3) is 0.310. The second-order valence-corrected chi connectivity index (χ2v) is 10.8. The Morgan fingerprint density at radius 3 is 1.82 bits per heavy atom. The molecule has 1 aromatic heterocycles. The van der Waals surface area contributed by atoms with E-state index in [1.165, 1.54) is 51.1 Å². The van der Waals surface area contributed by atoms with Crippen molar-refractivity contribution in [2.24, 2.45) is 0 Å². The molecule has 0 unspecified atom stereocenters. The van der Waals surface area contributed by atoms with E-state index in [1.807, 2.05) is 0 Å². The monoisotopic (exact) mass is 459 g/mol. The summed E-state index contributed by atoms with van der Waals surface area (Å²) in [6.07, 6.45) is 0. The number of H-pyrrole nitrogens is 1. The summed E-state index contributed by atoms with van der Waals surface area (Å²) in [5, 5.41) is 19.9. The number of benzene rings is 3. The molecule has 0 atom stereocenters. The Morgan fingerprint density at radius 2 is 1.29 bits per heavy atom. The van der Waals surface area contributed by atoms with Crippen LogP contribution in [0.1, 0.15) is 78.9 Å². The molecule has 1 heterocycles. The molecule has 5 heteroatoms. The van der Waals surface area contributed by atoms with Gasteiger partial charge in [0.25, 0.3) is 0 Å². The molecule has 4 aromatic rings. The molecule has 3 N–H and O–H groups in total. The maximum atomic E-state index is 10.6.